The van der Waals surface area contributed by atoms with Crippen LogP contribution in [0, 0.1) is 0 Å². The zero-order chi connectivity index (χ0) is 22.5. The molecule has 1 aliphatic heterocycles. The normalized spacial score (nSPS) is 16.4. The number of rotatable bonds is 8. The summed E-state index contributed by atoms with van der Waals surface area (Å²) in [5, 5.41) is 12.7. The SMILES string of the molecule is O=C(CSc1nnc(C2CC2)n1Cc1ccccc1)Nc1ccc(N2CCCCCC2)cc1. The van der Waals surface area contributed by atoms with Crippen molar-refractivity contribution in [2.75, 3.05) is 29.1 Å². The van der Waals surface area contributed by atoms with Gasteiger partial charge in [-0.2, -0.15) is 0 Å². The lowest BCUT2D eigenvalue weighted by Gasteiger charge is -2.22. The van der Waals surface area contributed by atoms with E-state index in [0.29, 0.717) is 11.7 Å². The average Bonchev–Trinajstić information content (AvgIpc) is 3.65. The van der Waals surface area contributed by atoms with Crippen molar-refractivity contribution < 1.29 is 4.79 Å². The van der Waals surface area contributed by atoms with E-state index in [0.717, 1.165) is 36.3 Å². The van der Waals surface area contributed by atoms with E-state index >= 15 is 0 Å². The van der Waals surface area contributed by atoms with Crippen LogP contribution in [0.1, 0.15) is 55.8 Å². The van der Waals surface area contributed by atoms with E-state index in [4.69, 9.17) is 0 Å². The molecule has 2 aliphatic rings. The number of anilines is 2. The van der Waals surface area contributed by atoms with Crippen LogP contribution in [-0.4, -0.2) is 39.5 Å². The van der Waals surface area contributed by atoms with Crippen molar-refractivity contribution in [2.45, 2.75) is 56.1 Å². The van der Waals surface area contributed by atoms with Crippen molar-refractivity contribution >= 4 is 29.0 Å². The van der Waals surface area contributed by atoms with E-state index < -0.39 is 0 Å². The number of thioether (sulfide) groups is 1. The molecule has 6 nitrogen and oxygen atoms in total. The van der Waals surface area contributed by atoms with Gasteiger partial charge in [-0.25, -0.2) is 0 Å². The van der Waals surface area contributed by atoms with Crippen LogP contribution in [0.3, 0.4) is 0 Å². The van der Waals surface area contributed by atoms with Gasteiger partial charge in [0.05, 0.1) is 12.3 Å². The van der Waals surface area contributed by atoms with Crippen molar-refractivity contribution in [3.8, 4) is 0 Å². The number of nitrogens with one attached hydrogen (secondary N) is 1. The summed E-state index contributed by atoms with van der Waals surface area (Å²) >= 11 is 1.46. The molecule has 172 valence electrons. The molecule has 0 spiro atoms. The Morgan fingerprint density at radius 3 is 2.36 bits per heavy atom. The van der Waals surface area contributed by atoms with Crippen LogP contribution in [0.5, 0.6) is 0 Å². The Balaban J connectivity index is 1.19. The fourth-order valence-electron chi connectivity index (χ4n) is 4.38. The first-order valence-electron chi connectivity index (χ1n) is 12.0. The first-order chi connectivity index (χ1) is 16.3. The van der Waals surface area contributed by atoms with Crippen LogP contribution in [0.15, 0.2) is 59.8 Å². The monoisotopic (exact) mass is 461 g/mol. The van der Waals surface area contributed by atoms with Crippen molar-refractivity contribution in [1.82, 2.24) is 14.8 Å². The quantitative estimate of drug-likeness (QED) is 0.460. The summed E-state index contributed by atoms with van der Waals surface area (Å²) in [5.41, 5.74) is 3.30. The van der Waals surface area contributed by atoms with E-state index in [1.54, 1.807) is 0 Å². The van der Waals surface area contributed by atoms with Crippen LogP contribution in [0.25, 0.3) is 0 Å². The van der Waals surface area contributed by atoms with Crippen molar-refractivity contribution in [3.05, 3.63) is 66.0 Å². The van der Waals surface area contributed by atoms with Gasteiger partial charge in [0.15, 0.2) is 5.16 Å². The number of nitrogens with zero attached hydrogens (tertiary/aromatic N) is 4. The Labute approximate surface area is 199 Å². The van der Waals surface area contributed by atoms with Gasteiger partial charge in [0, 0.05) is 30.4 Å². The van der Waals surface area contributed by atoms with Crippen LogP contribution >= 0.6 is 11.8 Å². The molecule has 3 aromatic rings. The molecule has 2 fully saturated rings. The maximum absolute atomic E-state index is 12.6. The predicted octanol–water partition coefficient (Wildman–Crippen LogP) is 5.32. The number of hydrogen-bond acceptors (Lipinski definition) is 5. The van der Waals surface area contributed by atoms with Crippen LogP contribution in [0.2, 0.25) is 0 Å². The lowest BCUT2D eigenvalue weighted by Crippen LogP contribution is -2.23. The van der Waals surface area contributed by atoms with E-state index in [9.17, 15) is 4.79 Å². The Morgan fingerprint density at radius 2 is 1.67 bits per heavy atom. The number of aromatic nitrogens is 3. The van der Waals surface area contributed by atoms with Gasteiger partial charge in [-0.15, -0.1) is 10.2 Å². The van der Waals surface area contributed by atoms with Gasteiger partial charge in [0.2, 0.25) is 5.91 Å². The second-order valence-corrected chi connectivity index (χ2v) is 9.91. The Morgan fingerprint density at radius 1 is 0.939 bits per heavy atom. The molecule has 1 aromatic heterocycles. The second-order valence-electron chi connectivity index (χ2n) is 8.97. The maximum atomic E-state index is 12.6. The van der Waals surface area contributed by atoms with Gasteiger partial charge in [0.25, 0.3) is 0 Å². The molecule has 1 saturated carbocycles. The summed E-state index contributed by atoms with van der Waals surface area (Å²) in [6.07, 6.45) is 7.50. The van der Waals surface area contributed by atoms with Crippen molar-refractivity contribution in [1.29, 1.82) is 0 Å². The zero-order valence-corrected chi connectivity index (χ0v) is 19.8. The summed E-state index contributed by atoms with van der Waals surface area (Å²) in [7, 11) is 0. The molecule has 2 aromatic carbocycles. The molecule has 1 N–H and O–H groups in total. The maximum Gasteiger partial charge on any atom is 0.234 e. The summed E-state index contributed by atoms with van der Waals surface area (Å²) in [6, 6.07) is 18.6. The number of amides is 1. The molecule has 1 aliphatic carbocycles. The third-order valence-electron chi connectivity index (χ3n) is 6.33. The largest absolute Gasteiger partial charge is 0.372 e. The molecule has 0 unspecified atom stereocenters. The molecular weight excluding hydrogens is 430 g/mol. The molecule has 0 bridgehead atoms. The fourth-order valence-corrected chi connectivity index (χ4v) is 5.12. The third-order valence-corrected chi connectivity index (χ3v) is 7.29. The van der Waals surface area contributed by atoms with Crippen LogP contribution in [0.4, 0.5) is 11.4 Å². The first-order valence-corrected chi connectivity index (χ1v) is 13.0. The molecule has 1 saturated heterocycles. The number of carbonyl (C=O) groups excluding carboxylic acids is 1. The number of carbonyl (C=O) groups is 1. The molecule has 7 heteroatoms. The molecule has 0 atom stereocenters. The highest BCUT2D eigenvalue weighted by atomic mass is 32.2. The summed E-state index contributed by atoms with van der Waals surface area (Å²) in [5.74, 6) is 1.84. The summed E-state index contributed by atoms with van der Waals surface area (Å²) in [6.45, 7) is 2.98. The van der Waals surface area contributed by atoms with Crippen molar-refractivity contribution in [3.63, 3.8) is 0 Å². The standard InChI is InChI=1S/C26H31N5OS/c32-24(27-22-12-14-23(15-13-22)30-16-6-1-2-7-17-30)19-33-26-29-28-25(21-10-11-21)31(26)18-20-8-4-3-5-9-20/h3-5,8-9,12-15,21H,1-2,6-7,10-11,16-19H2,(H,27,32). The minimum atomic E-state index is -0.0234. The molecule has 2 heterocycles. The first kappa shape index (κ1) is 22.0. The predicted molar refractivity (Wildman–Crippen MR) is 134 cm³/mol. The third kappa shape index (κ3) is 5.77. The van der Waals surface area contributed by atoms with Crippen LogP contribution in [-0.2, 0) is 11.3 Å². The van der Waals surface area contributed by atoms with Gasteiger partial charge >= 0.3 is 0 Å². The Hall–Kier alpha value is -2.80. The van der Waals surface area contributed by atoms with Crippen molar-refractivity contribution in [2.24, 2.45) is 0 Å². The van der Waals surface area contributed by atoms with E-state index in [2.05, 4.69) is 61.4 Å². The number of benzene rings is 2. The van der Waals surface area contributed by atoms with E-state index in [-0.39, 0.29) is 5.91 Å². The van der Waals surface area contributed by atoms with Gasteiger partial charge in [-0.1, -0.05) is 54.9 Å². The fraction of sp³-hybridized carbons (Fsp3) is 0.423. The lowest BCUT2D eigenvalue weighted by atomic mass is 10.2. The zero-order valence-electron chi connectivity index (χ0n) is 18.9. The topological polar surface area (TPSA) is 63.1 Å². The molecule has 1 amide bonds. The minimum Gasteiger partial charge on any atom is -0.372 e. The molecule has 0 radical (unpaired) electrons. The smallest absolute Gasteiger partial charge is 0.234 e. The van der Waals surface area contributed by atoms with Gasteiger partial charge in [-0.3, -0.25) is 4.79 Å². The van der Waals surface area contributed by atoms with E-state index in [1.807, 2.05) is 18.2 Å². The minimum absolute atomic E-state index is 0.0234. The lowest BCUT2D eigenvalue weighted by molar-refractivity contribution is -0.113. The van der Waals surface area contributed by atoms with E-state index in [1.165, 1.54) is 61.5 Å². The number of hydrogen-bond donors (Lipinski definition) is 1. The Bertz CT molecular complexity index is 1050. The van der Waals surface area contributed by atoms with Crippen LogP contribution < -0.4 is 10.2 Å². The highest BCUT2D eigenvalue weighted by Gasteiger charge is 2.30. The average molecular weight is 462 g/mol. The summed E-state index contributed by atoms with van der Waals surface area (Å²) < 4.78 is 2.18. The molecule has 33 heavy (non-hydrogen) atoms. The highest BCUT2D eigenvalue weighted by molar-refractivity contribution is 7.99. The summed E-state index contributed by atoms with van der Waals surface area (Å²) in [4.78, 5) is 15.1. The Kier molecular flexibility index (Phi) is 6.95. The van der Waals surface area contributed by atoms with Gasteiger partial charge < -0.3 is 14.8 Å². The van der Waals surface area contributed by atoms with Gasteiger partial charge in [0.1, 0.15) is 5.82 Å². The second kappa shape index (κ2) is 10.4. The molecule has 5 rings (SSSR count). The highest BCUT2D eigenvalue weighted by Crippen LogP contribution is 2.40. The van der Waals surface area contributed by atoms with Gasteiger partial charge in [-0.05, 0) is 55.5 Å². The molecular formula is C26H31N5OS.